The summed E-state index contributed by atoms with van der Waals surface area (Å²) in [6.45, 7) is 3.61. The molecule has 1 rings (SSSR count). The third-order valence-electron chi connectivity index (χ3n) is 2.94. The Morgan fingerprint density at radius 1 is 1.32 bits per heavy atom. The highest BCUT2D eigenvalue weighted by Crippen LogP contribution is 2.32. The fourth-order valence-electron chi connectivity index (χ4n) is 1.96. The third-order valence-corrected chi connectivity index (χ3v) is 3.52. The van der Waals surface area contributed by atoms with Gasteiger partial charge in [0.15, 0.2) is 5.78 Å². The van der Waals surface area contributed by atoms with Crippen LogP contribution in [-0.2, 0) is 4.79 Å². The van der Waals surface area contributed by atoms with Gasteiger partial charge in [0, 0.05) is 17.9 Å². The van der Waals surface area contributed by atoms with Gasteiger partial charge in [0.2, 0.25) is 0 Å². The number of aryl methyl sites for hydroxylation is 1. The van der Waals surface area contributed by atoms with Gasteiger partial charge in [-0.2, -0.15) is 0 Å². The summed E-state index contributed by atoms with van der Waals surface area (Å²) in [5.41, 5.74) is 1.97. The van der Waals surface area contributed by atoms with Crippen molar-refractivity contribution >= 4 is 23.4 Å². The Hall–Kier alpha value is -1.55. The minimum atomic E-state index is -0.904. The van der Waals surface area contributed by atoms with E-state index >= 15 is 0 Å². The lowest BCUT2D eigenvalue weighted by Gasteiger charge is -2.14. The summed E-state index contributed by atoms with van der Waals surface area (Å²) in [6, 6.07) is 1.72. The van der Waals surface area contributed by atoms with Crippen LogP contribution >= 0.6 is 11.6 Å². The number of carbonyl (C=O) groups excluding carboxylic acids is 1. The maximum Gasteiger partial charge on any atom is 0.303 e. The van der Waals surface area contributed by atoms with E-state index in [0.717, 1.165) is 5.56 Å². The van der Waals surface area contributed by atoms with Crippen LogP contribution in [0.4, 0.5) is 0 Å². The molecule has 0 aliphatic heterocycles. The van der Waals surface area contributed by atoms with E-state index in [1.807, 2.05) is 6.92 Å². The van der Waals surface area contributed by atoms with Crippen LogP contribution in [0.15, 0.2) is 6.07 Å². The number of hydrogen-bond acceptors (Lipinski definition) is 3. The lowest BCUT2D eigenvalue weighted by molar-refractivity contribution is -0.137. The molecule has 0 unspecified atom stereocenters. The highest BCUT2D eigenvalue weighted by Gasteiger charge is 2.19. The fourth-order valence-corrected chi connectivity index (χ4v) is 2.10. The van der Waals surface area contributed by atoms with Crippen molar-refractivity contribution in [3.8, 4) is 5.75 Å². The van der Waals surface area contributed by atoms with E-state index in [9.17, 15) is 9.59 Å². The van der Waals surface area contributed by atoms with E-state index < -0.39 is 5.97 Å². The second kappa shape index (κ2) is 6.57. The van der Waals surface area contributed by atoms with E-state index in [1.54, 1.807) is 13.0 Å². The summed E-state index contributed by atoms with van der Waals surface area (Å²) in [7, 11) is 1.50. The second-order valence-electron chi connectivity index (χ2n) is 4.38. The van der Waals surface area contributed by atoms with Gasteiger partial charge in [-0.25, -0.2) is 0 Å². The number of rotatable bonds is 6. The molecule has 0 atom stereocenters. The number of methoxy groups -OCH3 is 1. The predicted octanol–water partition coefficient (Wildman–Crippen LogP) is 3.40. The van der Waals surface area contributed by atoms with Gasteiger partial charge in [-0.3, -0.25) is 9.59 Å². The number of carbonyl (C=O) groups is 2. The van der Waals surface area contributed by atoms with Gasteiger partial charge in [0.05, 0.1) is 12.7 Å². The molecule has 0 amide bonds. The molecule has 0 saturated heterocycles. The first-order valence-corrected chi connectivity index (χ1v) is 6.35. The molecule has 0 aromatic heterocycles. The van der Waals surface area contributed by atoms with Crippen molar-refractivity contribution in [2.45, 2.75) is 33.1 Å². The average Bonchev–Trinajstić information content (AvgIpc) is 2.34. The number of aliphatic carboxylic acids is 1. The summed E-state index contributed by atoms with van der Waals surface area (Å²) >= 11 is 6.14. The Bertz CT molecular complexity index is 509. The number of ketones is 1. The van der Waals surface area contributed by atoms with Crippen LogP contribution in [0.3, 0.4) is 0 Å². The van der Waals surface area contributed by atoms with Crippen molar-refractivity contribution in [3.05, 3.63) is 27.8 Å². The first kappa shape index (κ1) is 15.5. The molecule has 0 bridgehead atoms. The maximum absolute atomic E-state index is 12.2. The molecule has 0 fully saturated rings. The fraction of sp³-hybridized carbons (Fsp3) is 0.429. The van der Waals surface area contributed by atoms with Crippen LogP contribution in [-0.4, -0.2) is 24.0 Å². The molecular formula is C14H17ClO4. The number of hydrogen-bond donors (Lipinski definition) is 1. The lowest BCUT2D eigenvalue weighted by atomic mass is 9.97. The standard InChI is InChI=1S/C14H17ClO4/c1-8-7-11(19-3)13(9(2)14(8)15)10(16)5-4-6-12(17)18/h7H,4-6H2,1-3H3,(H,17,18). The maximum atomic E-state index is 12.2. The van der Waals surface area contributed by atoms with Crippen LogP contribution in [0.1, 0.15) is 40.7 Å². The molecule has 1 aromatic carbocycles. The van der Waals surface area contributed by atoms with Gasteiger partial charge in [-0.1, -0.05) is 11.6 Å². The predicted molar refractivity (Wildman–Crippen MR) is 73.3 cm³/mol. The van der Waals surface area contributed by atoms with Crippen LogP contribution in [0.2, 0.25) is 5.02 Å². The van der Waals surface area contributed by atoms with Crippen molar-refractivity contribution < 1.29 is 19.4 Å². The van der Waals surface area contributed by atoms with Gasteiger partial charge in [-0.15, -0.1) is 0 Å². The first-order chi connectivity index (χ1) is 8.88. The number of halogens is 1. The zero-order valence-corrected chi connectivity index (χ0v) is 12.0. The first-order valence-electron chi connectivity index (χ1n) is 5.97. The van der Waals surface area contributed by atoms with Gasteiger partial charge in [0.1, 0.15) is 5.75 Å². The van der Waals surface area contributed by atoms with Crippen molar-refractivity contribution in [1.29, 1.82) is 0 Å². The Kier molecular flexibility index (Phi) is 5.36. The van der Waals surface area contributed by atoms with E-state index in [4.69, 9.17) is 21.4 Å². The van der Waals surface area contributed by atoms with E-state index in [1.165, 1.54) is 7.11 Å². The molecule has 0 aliphatic carbocycles. The number of carboxylic acids is 1. The summed E-state index contributed by atoms with van der Waals surface area (Å²) in [6.07, 6.45) is 0.456. The molecule has 0 saturated carbocycles. The number of carboxylic acid groups (broad SMARTS) is 1. The molecule has 1 N–H and O–H groups in total. The quantitative estimate of drug-likeness (QED) is 0.813. The van der Waals surface area contributed by atoms with Crippen LogP contribution in [0.5, 0.6) is 5.75 Å². The Morgan fingerprint density at radius 3 is 2.47 bits per heavy atom. The summed E-state index contributed by atoms with van der Waals surface area (Å²) < 4.78 is 5.21. The minimum absolute atomic E-state index is 0.0211. The molecule has 4 nitrogen and oxygen atoms in total. The number of benzene rings is 1. The van der Waals surface area contributed by atoms with Gasteiger partial charge in [-0.05, 0) is 37.5 Å². The number of ether oxygens (including phenoxy) is 1. The molecule has 104 valence electrons. The van der Waals surface area contributed by atoms with Crippen LogP contribution in [0, 0.1) is 13.8 Å². The molecule has 0 radical (unpaired) electrons. The average molecular weight is 285 g/mol. The third kappa shape index (κ3) is 3.70. The second-order valence-corrected chi connectivity index (χ2v) is 4.76. The van der Waals surface area contributed by atoms with E-state index in [0.29, 0.717) is 28.3 Å². The Morgan fingerprint density at radius 2 is 1.95 bits per heavy atom. The zero-order chi connectivity index (χ0) is 14.6. The molecular weight excluding hydrogens is 268 g/mol. The summed E-state index contributed by atoms with van der Waals surface area (Å²) in [5, 5.41) is 9.12. The normalized spacial score (nSPS) is 10.3. The van der Waals surface area contributed by atoms with E-state index in [2.05, 4.69) is 0 Å². The molecule has 0 spiro atoms. The van der Waals surface area contributed by atoms with Crippen LogP contribution < -0.4 is 4.74 Å². The smallest absolute Gasteiger partial charge is 0.303 e. The topological polar surface area (TPSA) is 63.6 Å². The SMILES string of the molecule is COc1cc(C)c(Cl)c(C)c1C(=O)CCCC(=O)O. The van der Waals surface area contributed by atoms with Crippen molar-refractivity contribution in [2.75, 3.05) is 7.11 Å². The largest absolute Gasteiger partial charge is 0.496 e. The monoisotopic (exact) mass is 284 g/mol. The minimum Gasteiger partial charge on any atom is -0.496 e. The van der Waals surface area contributed by atoms with Crippen molar-refractivity contribution in [1.82, 2.24) is 0 Å². The summed E-state index contributed by atoms with van der Waals surface area (Å²) in [4.78, 5) is 22.6. The molecule has 0 aliphatic rings. The summed E-state index contributed by atoms with van der Waals surface area (Å²) in [5.74, 6) is -0.560. The molecule has 1 aromatic rings. The van der Waals surface area contributed by atoms with Gasteiger partial charge in [0.25, 0.3) is 0 Å². The Labute approximate surface area is 117 Å². The number of Topliss-reactive ketones (excluding diaryl/α,β-unsaturated/α-hetero) is 1. The highest BCUT2D eigenvalue weighted by atomic mass is 35.5. The van der Waals surface area contributed by atoms with Crippen LogP contribution in [0.25, 0.3) is 0 Å². The van der Waals surface area contributed by atoms with E-state index in [-0.39, 0.29) is 18.6 Å². The zero-order valence-electron chi connectivity index (χ0n) is 11.2. The lowest BCUT2D eigenvalue weighted by Crippen LogP contribution is -2.07. The molecule has 19 heavy (non-hydrogen) atoms. The highest BCUT2D eigenvalue weighted by molar-refractivity contribution is 6.32. The van der Waals surface area contributed by atoms with Crippen molar-refractivity contribution in [3.63, 3.8) is 0 Å². The van der Waals surface area contributed by atoms with Crippen molar-refractivity contribution in [2.24, 2.45) is 0 Å². The molecule has 5 heteroatoms. The van der Waals surface area contributed by atoms with Gasteiger partial charge >= 0.3 is 5.97 Å². The Balaban J connectivity index is 3.01. The van der Waals surface area contributed by atoms with Gasteiger partial charge < -0.3 is 9.84 Å². The molecule has 0 heterocycles.